The molecule has 1 aromatic rings. The first-order valence-corrected chi connectivity index (χ1v) is 11.3. The summed E-state index contributed by atoms with van der Waals surface area (Å²) in [4.78, 5) is 19.5. The quantitative estimate of drug-likeness (QED) is 0.143. The van der Waals surface area contributed by atoms with E-state index in [0.29, 0.717) is 11.6 Å². The molecule has 0 aromatic carbocycles. The van der Waals surface area contributed by atoms with E-state index in [0.717, 1.165) is 31.4 Å². The van der Waals surface area contributed by atoms with Gasteiger partial charge in [0.2, 0.25) is 5.95 Å². The van der Waals surface area contributed by atoms with Crippen molar-refractivity contribution < 1.29 is 9.90 Å². The van der Waals surface area contributed by atoms with Crippen molar-refractivity contribution in [3.05, 3.63) is 47.2 Å². The van der Waals surface area contributed by atoms with Gasteiger partial charge in [0, 0.05) is 17.7 Å². The monoisotopic (exact) mass is 433 g/mol. The average molecular weight is 434 g/mol. The number of anilines is 2. The Balaban J connectivity index is 2.38. The van der Waals surface area contributed by atoms with Gasteiger partial charge in [0.1, 0.15) is 11.9 Å². The summed E-state index contributed by atoms with van der Waals surface area (Å²) in [7, 11) is 0. The van der Waals surface area contributed by atoms with Crippen LogP contribution in [0.3, 0.4) is 0 Å². The number of hydrogen-bond donors (Lipinski definition) is 4. The van der Waals surface area contributed by atoms with Gasteiger partial charge in [-0.3, -0.25) is 5.43 Å². The number of nitrogen functional groups attached to an aromatic ring is 1. The normalized spacial score (nSPS) is 13.0. The molecule has 0 saturated carbocycles. The molecule has 0 saturated heterocycles. The number of carboxylic acids is 1. The Kier molecular flexibility index (Phi) is 12.5. The number of aliphatic carboxylic acids is 1. The van der Waals surface area contributed by atoms with E-state index in [2.05, 4.69) is 66.6 Å². The fourth-order valence-electron chi connectivity index (χ4n) is 2.59. The fourth-order valence-corrected chi connectivity index (χ4v) is 3.59. The summed E-state index contributed by atoms with van der Waals surface area (Å²) in [6.45, 7) is 8.58. The number of nitrogens with two attached hydrogens (primary N) is 1. The molecule has 0 amide bonds. The number of hydrazine groups is 1. The molecule has 1 unspecified atom stereocenters. The van der Waals surface area contributed by atoms with Crippen LogP contribution in [0.1, 0.15) is 53.4 Å². The van der Waals surface area contributed by atoms with Gasteiger partial charge in [0.05, 0.1) is 0 Å². The molecule has 0 aliphatic carbocycles. The largest absolute Gasteiger partial charge is 0.480 e. The van der Waals surface area contributed by atoms with Gasteiger partial charge in [-0.2, -0.15) is 16.7 Å². The van der Waals surface area contributed by atoms with Gasteiger partial charge < -0.3 is 10.4 Å². The highest BCUT2D eigenvalue weighted by Gasteiger charge is 2.17. The van der Waals surface area contributed by atoms with Crippen LogP contribution in [0.2, 0.25) is 0 Å². The van der Waals surface area contributed by atoms with Crippen molar-refractivity contribution in [1.82, 2.24) is 9.97 Å². The molecule has 30 heavy (non-hydrogen) atoms. The van der Waals surface area contributed by atoms with Crippen molar-refractivity contribution in [2.45, 2.75) is 59.4 Å². The van der Waals surface area contributed by atoms with Gasteiger partial charge >= 0.3 is 5.97 Å². The molecule has 0 fully saturated rings. The molecule has 1 heterocycles. The van der Waals surface area contributed by atoms with Crippen LogP contribution in [0, 0.1) is 0 Å². The highest BCUT2D eigenvalue weighted by molar-refractivity contribution is 7.99. The third-order valence-electron chi connectivity index (χ3n) is 4.36. The molecular formula is C22H35N5O2S. The summed E-state index contributed by atoms with van der Waals surface area (Å²) in [6.07, 6.45) is 12.6. The minimum atomic E-state index is -0.919. The SMILES string of the molecule is CC(C)=CCC/C(C)=C/CC/C(C)=C/CSCC(Nc1ccnc(NN)n1)C(=O)O. The van der Waals surface area contributed by atoms with Crippen LogP contribution in [0.25, 0.3) is 0 Å². The molecule has 1 atom stereocenters. The van der Waals surface area contributed by atoms with E-state index in [9.17, 15) is 9.90 Å². The standard InChI is InChI=1S/C22H35N5O2S/c1-16(2)7-5-8-17(3)9-6-10-18(4)12-14-30-15-19(21(28)29)25-20-11-13-24-22(26-20)27-23/h7,9,11-13,19H,5-6,8,10,14-15,23H2,1-4H3,(H,28,29)(H2,24,25,26,27)/b17-9+,18-12+. The molecule has 0 spiro atoms. The van der Waals surface area contributed by atoms with Crippen LogP contribution in [0.5, 0.6) is 0 Å². The van der Waals surface area contributed by atoms with Gasteiger partial charge in [0.15, 0.2) is 0 Å². The summed E-state index contributed by atoms with van der Waals surface area (Å²) < 4.78 is 0. The predicted molar refractivity (Wildman–Crippen MR) is 128 cm³/mol. The lowest BCUT2D eigenvalue weighted by Crippen LogP contribution is -2.32. The second-order valence-corrected chi connectivity index (χ2v) is 8.52. The van der Waals surface area contributed by atoms with E-state index in [-0.39, 0.29) is 5.95 Å². The molecule has 0 aliphatic heterocycles. The first kappa shape index (κ1) is 25.7. The van der Waals surface area contributed by atoms with Gasteiger partial charge in [-0.15, -0.1) is 0 Å². The maximum absolute atomic E-state index is 11.5. The number of allylic oxidation sites excluding steroid dienone is 5. The molecule has 0 aliphatic rings. The number of carboxylic acid groups (broad SMARTS) is 1. The molecule has 1 rings (SSSR count). The highest BCUT2D eigenvalue weighted by atomic mass is 32.2. The third-order valence-corrected chi connectivity index (χ3v) is 5.33. The summed E-state index contributed by atoms with van der Waals surface area (Å²) in [6, 6.07) is 0.872. The molecule has 5 N–H and O–H groups in total. The van der Waals surface area contributed by atoms with Crippen LogP contribution < -0.4 is 16.6 Å². The van der Waals surface area contributed by atoms with Gasteiger partial charge in [-0.1, -0.05) is 34.9 Å². The zero-order valence-corrected chi connectivity index (χ0v) is 19.3. The smallest absolute Gasteiger partial charge is 0.327 e. The Labute approximate surface area is 184 Å². The van der Waals surface area contributed by atoms with Crippen LogP contribution in [-0.2, 0) is 4.79 Å². The number of aromatic nitrogens is 2. The van der Waals surface area contributed by atoms with Crippen LogP contribution >= 0.6 is 11.8 Å². The Morgan fingerprint density at radius 1 is 1.17 bits per heavy atom. The van der Waals surface area contributed by atoms with E-state index in [1.807, 2.05) is 0 Å². The van der Waals surface area contributed by atoms with E-state index >= 15 is 0 Å². The molecule has 166 valence electrons. The predicted octanol–water partition coefficient (Wildman–Crippen LogP) is 4.78. The lowest BCUT2D eigenvalue weighted by molar-refractivity contribution is -0.137. The molecule has 8 heteroatoms. The highest BCUT2D eigenvalue weighted by Crippen LogP contribution is 2.14. The summed E-state index contributed by atoms with van der Waals surface area (Å²) in [5, 5.41) is 12.4. The Morgan fingerprint density at radius 2 is 1.83 bits per heavy atom. The topological polar surface area (TPSA) is 113 Å². The fraction of sp³-hybridized carbons (Fsp3) is 0.500. The molecule has 1 aromatic heterocycles. The van der Waals surface area contributed by atoms with Crippen molar-refractivity contribution in [2.75, 3.05) is 22.2 Å². The summed E-state index contributed by atoms with van der Waals surface area (Å²) in [5.41, 5.74) is 6.47. The molecular weight excluding hydrogens is 398 g/mol. The molecule has 7 nitrogen and oxygen atoms in total. The minimum absolute atomic E-state index is 0.233. The van der Waals surface area contributed by atoms with E-state index in [4.69, 9.17) is 5.84 Å². The molecule has 0 bridgehead atoms. The Morgan fingerprint density at radius 3 is 2.47 bits per heavy atom. The lowest BCUT2D eigenvalue weighted by Gasteiger charge is -2.14. The maximum Gasteiger partial charge on any atom is 0.327 e. The minimum Gasteiger partial charge on any atom is -0.480 e. The first-order valence-electron chi connectivity index (χ1n) is 10.1. The van der Waals surface area contributed by atoms with Crippen LogP contribution in [0.4, 0.5) is 11.8 Å². The number of nitrogens with zero attached hydrogens (tertiary/aromatic N) is 2. The number of rotatable bonds is 14. The van der Waals surface area contributed by atoms with Crippen molar-refractivity contribution in [3.8, 4) is 0 Å². The van der Waals surface area contributed by atoms with Crippen LogP contribution in [0.15, 0.2) is 47.2 Å². The zero-order chi connectivity index (χ0) is 22.4. The summed E-state index contributed by atoms with van der Waals surface area (Å²) >= 11 is 1.58. The summed E-state index contributed by atoms with van der Waals surface area (Å²) in [5.74, 6) is 6.22. The number of carbonyl (C=O) groups is 1. The lowest BCUT2D eigenvalue weighted by atomic mass is 10.1. The average Bonchev–Trinajstić information content (AvgIpc) is 2.70. The third kappa shape index (κ3) is 11.6. The Bertz CT molecular complexity index is 758. The number of nitrogens with one attached hydrogen (secondary N) is 2. The number of hydrogen-bond acceptors (Lipinski definition) is 7. The van der Waals surface area contributed by atoms with Crippen LogP contribution in [-0.4, -0.2) is 38.6 Å². The van der Waals surface area contributed by atoms with Gasteiger partial charge in [-0.05, 0) is 59.4 Å². The van der Waals surface area contributed by atoms with E-state index < -0.39 is 12.0 Å². The van der Waals surface area contributed by atoms with Crippen molar-refractivity contribution in [2.24, 2.45) is 5.84 Å². The van der Waals surface area contributed by atoms with Crippen molar-refractivity contribution in [3.63, 3.8) is 0 Å². The Hall–Kier alpha value is -2.32. The second kappa shape index (κ2) is 14.6. The number of thioether (sulfide) groups is 1. The maximum atomic E-state index is 11.5. The second-order valence-electron chi connectivity index (χ2n) is 7.44. The van der Waals surface area contributed by atoms with E-state index in [1.54, 1.807) is 17.8 Å². The van der Waals surface area contributed by atoms with Crippen molar-refractivity contribution >= 4 is 29.5 Å². The van der Waals surface area contributed by atoms with E-state index in [1.165, 1.54) is 22.9 Å². The van der Waals surface area contributed by atoms with Gasteiger partial charge in [-0.25, -0.2) is 15.6 Å². The van der Waals surface area contributed by atoms with Crippen molar-refractivity contribution in [1.29, 1.82) is 0 Å². The molecule has 0 radical (unpaired) electrons. The zero-order valence-electron chi connectivity index (χ0n) is 18.4. The first-order chi connectivity index (χ1) is 14.3. The van der Waals surface area contributed by atoms with Gasteiger partial charge in [0.25, 0.3) is 0 Å².